The number of hydrogen-bond donors (Lipinski definition) is 2. The third-order valence-electron chi connectivity index (χ3n) is 3.25. The van der Waals surface area contributed by atoms with Gasteiger partial charge in [-0.1, -0.05) is 12.1 Å². The minimum atomic E-state index is -0.895. The molecule has 0 atom stereocenters. The van der Waals surface area contributed by atoms with E-state index in [0.29, 0.717) is 30.9 Å². The van der Waals surface area contributed by atoms with Crippen LogP contribution in [0.1, 0.15) is 19.4 Å². The highest BCUT2D eigenvalue weighted by Crippen LogP contribution is 2.18. The second kappa shape index (κ2) is 6.13. The van der Waals surface area contributed by atoms with Crippen LogP contribution in [0.5, 0.6) is 0 Å². The van der Waals surface area contributed by atoms with Gasteiger partial charge in [0.2, 0.25) is 0 Å². The lowest BCUT2D eigenvalue weighted by molar-refractivity contribution is -0.136. The summed E-state index contributed by atoms with van der Waals surface area (Å²) in [6.07, 6.45) is -0.0612. The van der Waals surface area contributed by atoms with Gasteiger partial charge >= 0.3 is 12.0 Å². The zero-order valence-electron chi connectivity index (χ0n) is 12.3. The summed E-state index contributed by atoms with van der Waals surface area (Å²) in [6.45, 7) is 5.47. The minimum Gasteiger partial charge on any atom is -0.481 e. The Morgan fingerprint density at radius 2 is 2.19 bits per heavy atom. The number of carbonyl (C=O) groups is 2. The molecule has 1 aromatic rings. The van der Waals surface area contributed by atoms with Gasteiger partial charge in [-0.2, -0.15) is 0 Å². The van der Waals surface area contributed by atoms with Crippen molar-refractivity contribution in [2.45, 2.75) is 25.9 Å². The number of anilines is 1. The number of urea groups is 1. The summed E-state index contributed by atoms with van der Waals surface area (Å²) in [7, 11) is 0. The van der Waals surface area contributed by atoms with Crippen LogP contribution in [0.15, 0.2) is 24.3 Å². The van der Waals surface area contributed by atoms with Gasteiger partial charge < -0.3 is 20.1 Å². The maximum atomic E-state index is 12.2. The molecule has 1 aliphatic heterocycles. The van der Waals surface area contributed by atoms with Crippen molar-refractivity contribution in [3.05, 3.63) is 29.8 Å². The average molecular weight is 292 g/mol. The van der Waals surface area contributed by atoms with Crippen LogP contribution in [0.25, 0.3) is 0 Å². The number of carboxylic acids is 1. The summed E-state index contributed by atoms with van der Waals surface area (Å²) in [4.78, 5) is 24.6. The van der Waals surface area contributed by atoms with Gasteiger partial charge in [0.05, 0.1) is 25.2 Å². The minimum absolute atomic E-state index is 0.0612. The number of carboxylic acid groups (broad SMARTS) is 1. The van der Waals surface area contributed by atoms with Crippen molar-refractivity contribution < 1.29 is 19.4 Å². The quantitative estimate of drug-likeness (QED) is 0.892. The molecule has 1 fully saturated rings. The first-order valence-electron chi connectivity index (χ1n) is 6.86. The molecular weight excluding hydrogens is 272 g/mol. The molecule has 0 spiro atoms. The van der Waals surface area contributed by atoms with Gasteiger partial charge in [0, 0.05) is 12.2 Å². The Hall–Kier alpha value is -2.08. The van der Waals surface area contributed by atoms with Crippen molar-refractivity contribution in [3.63, 3.8) is 0 Å². The fourth-order valence-electron chi connectivity index (χ4n) is 2.33. The molecule has 21 heavy (non-hydrogen) atoms. The van der Waals surface area contributed by atoms with Crippen LogP contribution in [-0.4, -0.2) is 47.3 Å². The molecule has 0 bridgehead atoms. The summed E-state index contributed by atoms with van der Waals surface area (Å²) in [6, 6.07) is 6.68. The molecule has 0 aromatic heterocycles. The Balaban J connectivity index is 2.00. The standard InChI is InChI=1S/C15H20N2O4/c1-15(2)10-17(6-7-21-15)14(20)16-12-5-3-4-11(8-12)9-13(18)19/h3-5,8H,6-7,9-10H2,1-2H3,(H,16,20)(H,18,19). The molecule has 1 aliphatic rings. The van der Waals surface area contributed by atoms with Crippen LogP contribution in [0.2, 0.25) is 0 Å². The molecule has 2 rings (SSSR count). The summed E-state index contributed by atoms with van der Waals surface area (Å²) in [5, 5.41) is 11.6. The van der Waals surface area contributed by atoms with E-state index in [2.05, 4.69) is 5.32 Å². The number of carbonyl (C=O) groups excluding carboxylic acids is 1. The Labute approximate surface area is 123 Å². The van der Waals surface area contributed by atoms with E-state index in [9.17, 15) is 9.59 Å². The third kappa shape index (κ3) is 4.46. The molecule has 2 N–H and O–H groups in total. The van der Waals surface area contributed by atoms with E-state index in [4.69, 9.17) is 9.84 Å². The largest absolute Gasteiger partial charge is 0.481 e. The Morgan fingerprint density at radius 1 is 1.43 bits per heavy atom. The van der Waals surface area contributed by atoms with Gasteiger partial charge in [0.15, 0.2) is 0 Å². The number of morpholine rings is 1. The van der Waals surface area contributed by atoms with Gasteiger partial charge in [-0.25, -0.2) is 4.79 Å². The smallest absolute Gasteiger partial charge is 0.322 e. The van der Waals surface area contributed by atoms with Gasteiger partial charge in [0.25, 0.3) is 0 Å². The number of nitrogens with one attached hydrogen (secondary N) is 1. The van der Waals surface area contributed by atoms with Crippen LogP contribution in [0, 0.1) is 0 Å². The van der Waals surface area contributed by atoms with Crippen LogP contribution in [0.3, 0.4) is 0 Å². The molecule has 114 valence electrons. The van der Waals surface area contributed by atoms with Gasteiger partial charge in [-0.3, -0.25) is 4.79 Å². The monoisotopic (exact) mass is 292 g/mol. The normalized spacial score (nSPS) is 17.3. The predicted octanol–water partition coefficient (Wildman–Crippen LogP) is 1.96. The second-order valence-corrected chi connectivity index (χ2v) is 5.73. The Bertz CT molecular complexity index is 542. The first-order valence-corrected chi connectivity index (χ1v) is 6.86. The Kier molecular flexibility index (Phi) is 4.47. The topological polar surface area (TPSA) is 78.9 Å². The molecule has 6 nitrogen and oxygen atoms in total. The van der Waals surface area contributed by atoms with Crippen LogP contribution in [-0.2, 0) is 16.0 Å². The molecule has 6 heteroatoms. The maximum Gasteiger partial charge on any atom is 0.322 e. The zero-order chi connectivity index (χ0) is 15.5. The van der Waals surface area contributed by atoms with Crippen LogP contribution in [0.4, 0.5) is 10.5 Å². The van der Waals surface area contributed by atoms with Crippen molar-refractivity contribution in [3.8, 4) is 0 Å². The van der Waals surface area contributed by atoms with E-state index < -0.39 is 5.97 Å². The fourth-order valence-corrected chi connectivity index (χ4v) is 2.33. The summed E-state index contributed by atoms with van der Waals surface area (Å²) in [5.74, 6) is -0.895. The van der Waals surface area contributed by atoms with Crippen molar-refractivity contribution in [1.29, 1.82) is 0 Å². The van der Waals surface area contributed by atoms with Gasteiger partial charge in [-0.05, 0) is 31.5 Å². The number of hydrogen-bond acceptors (Lipinski definition) is 3. The molecule has 0 unspecified atom stereocenters. The van der Waals surface area contributed by atoms with E-state index in [1.807, 2.05) is 13.8 Å². The van der Waals surface area contributed by atoms with Crippen LogP contribution >= 0.6 is 0 Å². The number of benzene rings is 1. The first kappa shape index (κ1) is 15.3. The van der Waals surface area contributed by atoms with E-state index in [1.165, 1.54) is 0 Å². The molecule has 0 aliphatic carbocycles. The highest BCUT2D eigenvalue weighted by atomic mass is 16.5. The molecule has 0 saturated carbocycles. The molecule has 2 amide bonds. The fraction of sp³-hybridized carbons (Fsp3) is 0.467. The number of nitrogens with zero attached hydrogens (tertiary/aromatic N) is 1. The molecule has 1 saturated heterocycles. The zero-order valence-corrected chi connectivity index (χ0v) is 12.3. The molecular formula is C15H20N2O4. The summed E-state index contributed by atoms with van der Waals surface area (Å²) < 4.78 is 5.57. The van der Waals surface area contributed by atoms with E-state index in [0.717, 1.165) is 0 Å². The van der Waals surface area contributed by atoms with Gasteiger partial charge in [0.1, 0.15) is 0 Å². The lowest BCUT2D eigenvalue weighted by Gasteiger charge is -2.38. The number of ether oxygens (including phenoxy) is 1. The SMILES string of the molecule is CC1(C)CN(C(=O)Nc2cccc(CC(=O)O)c2)CCO1. The number of amides is 2. The number of aliphatic carboxylic acids is 1. The summed E-state index contributed by atoms with van der Waals surface area (Å²) in [5.41, 5.74) is 0.909. The highest BCUT2D eigenvalue weighted by molar-refractivity contribution is 5.89. The Morgan fingerprint density at radius 3 is 2.86 bits per heavy atom. The average Bonchev–Trinajstić information content (AvgIpc) is 2.37. The van der Waals surface area contributed by atoms with E-state index in [-0.39, 0.29) is 18.1 Å². The predicted molar refractivity (Wildman–Crippen MR) is 78.4 cm³/mol. The molecule has 1 heterocycles. The summed E-state index contributed by atoms with van der Waals surface area (Å²) >= 11 is 0. The molecule has 1 aromatic carbocycles. The van der Waals surface area contributed by atoms with Crippen molar-refractivity contribution >= 4 is 17.7 Å². The van der Waals surface area contributed by atoms with Crippen molar-refractivity contribution in [2.75, 3.05) is 25.0 Å². The second-order valence-electron chi connectivity index (χ2n) is 5.73. The highest BCUT2D eigenvalue weighted by Gasteiger charge is 2.29. The third-order valence-corrected chi connectivity index (χ3v) is 3.25. The van der Waals surface area contributed by atoms with E-state index >= 15 is 0 Å². The maximum absolute atomic E-state index is 12.2. The lowest BCUT2D eigenvalue weighted by Crippen LogP contribution is -2.51. The molecule has 0 radical (unpaired) electrons. The van der Waals surface area contributed by atoms with Crippen molar-refractivity contribution in [1.82, 2.24) is 4.90 Å². The first-order chi connectivity index (χ1) is 9.85. The van der Waals surface area contributed by atoms with Crippen LogP contribution < -0.4 is 5.32 Å². The lowest BCUT2D eigenvalue weighted by atomic mass is 10.1. The van der Waals surface area contributed by atoms with E-state index in [1.54, 1.807) is 29.2 Å². The van der Waals surface area contributed by atoms with Gasteiger partial charge in [-0.15, -0.1) is 0 Å². The number of rotatable bonds is 3. The van der Waals surface area contributed by atoms with Crippen molar-refractivity contribution in [2.24, 2.45) is 0 Å².